The normalized spacial score (nSPS) is 16.1. The molecule has 0 bridgehead atoms. The van der Waals surface area contributed by atoms with Crippen LogP contribution in [0.3, 0.4) is 0 Å². The topological polar surface area (TPSA) is 110 Å². The smallest absolute Gasteiger partial charge is 0.319 e. The average molecular weight is 278 g/mol. The van der Waals surface area contributed by atoms with Gasteiger partial charge in [0.25, 0.3) is 5.69 Å². The van der Waals surface area contributed by atoms with Crippen LogP contribution in [0.25, 0.3) is 0 Å². The molecule has 20 heavy (non-hydrogen) atoms. The van der Waals surface area contributed by atoms with Gasteiger partial charge in [0.2, 0.25) is 5.91 Å². The van der Waals surface area contributed by atoms with Crippen LogP contribution in [0.4, 0.5) is 11.4 Å². The Kier molecular flexibility index (Phi) is 3.44. The third-order valence-electron chi connectivity index (χ3n) is 3.70. The molecule has 1 aromatic rings. The summed E-state index contributed by atoms with van der Waals surface area (Å²) in [5.74, 6) is -1.69. The van der Waals surface area contributed by atoms with Crippen LogP contribution < -0.4 is 5.32 Å². The van der Waals surface area contributed by atoms with Crippen LogP contribution in [-0.2, 0) is 9.59 Å². The van der Waals surface area contributed by atoms with E-state index in [2.05, 4.69) is 5.32 Å². The van der Waals surface area contributed by atoms with Crippen LogP contribution in [-0.4, -0.2) is 21.9 Å². The van der Waals surface area contributed by atoms with Crippen molar-refractivity contribution in [3.8, 4) is 0 Å². The van der Waals surface area contributed by atoms with Gasteiger partial charge in [-0.3, -0.25) is 19.7 Å². The lowest BCUT2D eigenvalue weighted by Crippen LogP contribution is -2.48. The number of aryl methyl sites for hydroxylation is 1. The second-order valence-electron chi connectivity index (χ2n) is 4.95. The number of amides is 1. The molecule has 7 heteroatoms. The first kappa shape index (κ1) is 14.0. The zero-order valence-electron chi connectivity index (χ0n) is 10.9. The van der Waals surface area contributed by atoms with Gasteiger partial charge in [-0.25, -0.2) is 0 Å². The second kappa shape index (κ2) is 4.92. The quantitative estimate of drug-likeness (QED) is 0.498. The first-order chi connectivity index (χ1) is 9.36. The Morgan fingerprint density at radius 3 is 2.45 bits per heavy atom. The molecule has 0 unspecified atom stereocenters. The van der Waals surface area contributed by atoms with Crippen molar-refractivity contribution >= 4 is 23.3 Å². The highest BCUT2D eigenvalue weighted by Gasteiger charge is 2.51. The van der Waals surface area contributed by atoms with Crippen molar-refractivity contribution in [1.82, 2.24) is 0 Å². The number of nitro benzene ring substituents is 1. The maximum atomic E-state index is 12.1. The molecule has 2 N–H and O–H groups in total. The number of nitro groups is 1. The van der Waals surface area contributed by atoms with E-state index < -0.39 is 22.2 Å². The number of carboxylic acid groups (broad SMARTS) is 1. The van der Waals surface area contributed by atoms with Crippen molar-refractivity contribution in [1.29, 1.82) is 0 Å². The van der Waals surface area contributed by atoms with E-state index in [0.29, 0.717) is 30.5 Å². The van der Waals surface area contributed by atoms with Crippen LogP contribution >= 0.6 is 0 Å². The number of hydrogen-bond donors (Lipinski definition) is 2. The van der Waals surface area contributed by atoms with Gasteiger partial charge in [0.1, 0.15) is 5.41 Å². The molecular weight excluding hydrogens is 264 g/mol. The third kappa shape index (κ3) is 2.22. The van der Waals surface area contributed by atoms with Crippen molar-refractivity contribution < 1.29 is 19.6 Å². The number of rotatable bonds is 4. The molecule has 0 heterocycles. The Hall–Kier alpha value is -2.44. The largest absolute Gasteiger partial charge is 0.480 e. The monoisotopic (exact) mass is 278 g/mol. The summed E-state index contributed by atoms with van der Waals surface area (Å²) in [6.07, 6.45) is 1.35. The number of hydrogen-bond acceptors (Lipinski definition) is 4. The number of carbonyl (C=O) groups is 2. The van der Waals surface area contributed by atoms with E-state index in [1.165, 1.54) is 18.2 Å². The van der Waals surface area contributed by atoms with E-state index >= 15 is 0 Å². The summed E-state index contributed by atoms with van der Waals surface area (Å²) in [5, 5.41) is 22.4. The van der Waals surface area contributed by atoms with Crippen LogP contribution in [0.2, 0.25) is 0 Å². The Bertz CT molecular complexity index is 592. The number of aliphatic carboxylic acids is 1. The highest BCUT2D eigenvalue weighted by atomic mass is 16.6. The SMILES string of the molecule is Cc1cc(NC(=O)C2(C(=O)O)CCC2)ccc1[N+](=O)[O-]. The summed E-state index contributed by atoms with van der Waals surface area (Å²) in [4.78, 5) is 33.4. The van der Waals surface area contributed by atoms with Gasteiger partial charge in [-0.15, -0.1) is 0 Å². The number of benzene rings is 1. The lowest BCUT2D eigenvalue weighted by molar-refractivity contribution is -0.385. The van der Waals surface area contributed by atoms with Gasteiger partial charge in [-0.1, -0.05) is 6.42 Å². The van der Waals surface area contributed by atoms with Crippen molar-refractivity contribution in [3.05, 3.63) is 33.9 Å². The molecule has 0 radical (unpaired) electrons. The van der Waals surface area contributed by atoms with Crippen molar-refractivity contribution in [2.45, 2.75) is 26.2 Å². The maximum absolute atomic E-state index is 12.1. The minimum Gasteiger partial charge on any atom is -0.480 e. The minimum atomic E-state index is -1.35. The zero-order valence-corrected chi connectivity index (χ0v) is 10.9. The summed E-state index contributed by atoms with van der Waals surface area (Å²) >= 11 is 0. The number of nitrogens with zero attached hydrogens (tertiary/aromatic N) is 1. The summed E-state index contributed by atoms with van der Waals surface area (Å²) in [6.45, 7) is 1.56. The van der Waals surface area contributed by atoms with E-state index in [1.54, 1.807) is 6.92 Å². The van der Waals surface area contributed by atoms with Crippen molar-refractivity contribution in [2.75, 3.05) is 5.32 Å². The third-order valence-corrected chi connectivity index (χ3v) is 3.70. The summed E-state index contributed by atoms with van der Waals surface area (Å²) in [7, 11) is 0. The van der Waals surface area contributed by atoms with E-state index in [9.17, 15) is 19.7 Å². The number of anilines is 1. The van der Waals surface area contributed by atoms with Gasteiger partial charge in [0, 0.05) is 17.3 Å². The lowest BCUT2D eigenvalue weighted by Gasteiger charge is -2.35. The van der Waals surface area contributed by atoms with Gasteiger partial charge < -0.3 is 10.4 Å². The number of nitrogens with one attached hydrogen (secondary N) is 1. The van der Waals surface area contributed by atoms with Crippen LogP contribution in [0, 0.1) is 22.5 Å². The molecule has 7 nitrogen and oxygen atoms in total. The van der Waals surface area contributed by atoms with Crippen molar-refractivity contribution in [2.24, 2.45) is 5.41 Å². The molecule has 1 fully saturated rings. The maximum Gasteiger partial charge on any atom is 0.319 e. The van der Waals surface area contributed by atoms with Gasteiger partial charge in [0.05, 0.1) is 4.92 Å². The molecule has 1 aromatic carbocycles. The molecule has 0 aliphatic heterocycles. The first-order valence-corrected chi connectivity index (χ1v) is 6.17. The molecule has 0 aromatic heterocycles. The number of carbonyl (C=O) groups excluding carboxylic acids is 1. The van der Waals surface area contributed by atoms with Gasteiger partial charge >= 0.3 is 5.97 Å². The van der Waals surface area contributed by atoms with E-state index in [4.69, 9.17) is 5.11 Å². The molecule has 0 atom stereocenters. The average Bonchev–Trinajstić information content (AvgIpc) is 2.25. The molecule has 1 amide bonds. The fourth-order valence-corrected chi connectivity index (χ4v) is 2.26. The van der Waals surface area contributed by atoms with Gasteiger partial charge in [-0.2, -0.15) is 0 Å². The van der Waals surface area contributed by atoms with E-state index in [0.717, 1.165) is 0 Å². The van der Waals surface area contributed by atoms with Crippen LogP contribution in [0.1, 0.15) is 24.8 Å². The molecule has 2 rings (SSSR count). The minimum absolute atomic E-state index is 0.0420. The van der Waals surface area contributed by atoms with Crippen molar-refractivity contribution in [3.63, 3.8) is 0 Å². The second-order valence-corrected chi connectivity index (χ2v) is 4.95. The zero-order chi connectivity index (χ0) is 14.9. The molecule has 1 saturated carbocycles. The summed E-state index contributed by atoms with van der Waals surface area (Å²) in [5.41, 5.74) is -0.619. The first-order valence-electron chi connectivity index (χ1n) is 6.17. The Balaban J connectivity index is 2.18. The lowest BCUT2D eigenvalue weighted by atomic mass is 9.68. The number of carboxylic acids is 1. The predicted molar refractivity (Wildman–Crippen MR) is 70.4 cm³/mol. The fourth-order valence-electron chi connectivity index (χ4n) is 2.26. The van der Waals surface area contributed by atoms with Gasteiger partial charge in [-0.05, 0) is 31.9 Å². The van der Waals surface area contributed by atoms with Crippen LogP contribution in [0.5, 0.6) is 0 Å². The molecule has 1 aliphatic rings. The molecule has 1 aliphatic carbocycles. The fraction of sp³-hybridized carbons (Fsp3) is 0.385. The Morgan fingerprint density at radius 2 is 2.05 bits per heavy atom. The van der Waals surface area contributed by atoms with E-state index in [-0.39, 0.29) is 5.69 Å². The van der Waals surface area contributed by atoms with Gasteiger partial charge in [0.15, 0.2) is 0 Å². The summed E-state index contributed by atoms with van der Waals surface area (Å²) in [6, 6.07) is 4.15. The standard InChI is InChI=1S/C13H14N2O5/c1-8-7-9(3-4-10(8)15(19)20)14-11(16)13(12(17)18)5-2-6-13/h3-4,7H,2,5-6H2,1H3,(H,14,16)(H,17,18). The Labute approximate surface area is 114 Å². The summed E-state index contributed by atoms with van der Waals surface area (Å²) < 4.78 is 0. The molecule has 0 saturated heterocycles. The molecular formula is C13H14N2O5. The highest BCUT2D eigenvalue weighted by Crippen LogP contribution is 2.42. The predicted octanol–water partition coefficient (Wildman–Crippen LogP) is 2.10. The van der Waals surface area contributed by atoms with Crippen LogP contribution in [0.15, 0.2) is 18.2 Å². The molecule has 106 valence electrons. The molecule has 0 spiro atoms. The van der Waals surface area contributed by atoms with E-state index in [1.807, 2.05) is 0 Å². The highest BCUT2D eigenvalue weighted by molar-refractivity contribution is 6.09. The Morgan fingerprint density at radius 1 is 1.40 bits per heavy atom.